The average Bonchev–Trinajstić information content (AvgIpc) is 3.26. The van der Waals surface area contributed by atoms with E-state index >= 15 is 0 Å². The van der Waals surface area contributed by atoms with Crippen LogP contribution in [0.5, 0.6) is 0 Å². The molecule has 0 bridgehead atoms. The van der Waals surface area contributed by atoms with Crippen molar-refractivity contribution in [3.05, 3.63) is 95.9 Å². The topological polar surface area (TPSA) is 0 Å². The van der Waals surface area contributed by atoms with E-state index in [0.29, 0.717) is 0 Å². The molecule has 0 spiro atoms. The molecule has 0 radical (unpaired) electrons. The Morgan fingerprint density at radius 2 is 1.67 bits per heavy atom. The molecule has 2 aliphatic rings. The van der Waals surface area contributed by atoms with Crippen LogP contribution >= 0.6 is 24.8 Å². The number of aryl methyl sites for hydroxylation is 2. The van der Waals surface area contributed by atoms with Crippen molar-refractivity contribution in [2.45, 2.75) is 46.0 Å². The first kappa shape index (κ1) is 28.6. The molecule has 0 heterocycles. The summed E-state index contributed by atoms with van der Waals surface area (Å²) < 4.78 is 2.17. The van der Waals surface area contributed by atoms with Gasteiger partial charge in [0.2, 0.25) is 0 Å². The van der Waals surface area contributed by atoms with Crippen LogP contribution in [0, 0.1) is 13.5 Å². The van der Waals surface area contributed by atoms with E-state index < -0.39 is 0 Å². The zero-order valence-electron chi connectivity index (χ0n) is 16.6. The molecule has 2 aliphatic carbocycles. The molecular weight excluding hydrogens is 450 g/mol. The Morgan fingerprint density at radius 3 is 2.11 bits per heavy atom. The van der Waals surface area contributed by atoms with Crippen LogP contribution in [0.25, 0.3) is 0 Å². The molecular formula is C24H31Cl2Zr-3. The monoisotopic (exact) mass is 479 g/mol. The van der Waals surface area contributed by atoms with Gasteiger partial charge >= 0.3 is 63.8 Å². The van der Waals surface area contributed by atoms with E-state index in [9.17, 15) is 0 Å². The van der Waals surface area contributed by atoms with E-state index in [0.717, 1.165) is 6.42 Å². The smallest absolute Gasteiger partial charge is 0.0512 e. The predicted molar refractivity (Wildman–Crippen MR) is 122 cm³/mol. The van der Waals surface area contributed by atoms with E-state index in [4.69, 9.17) is 0 Å². The first-order chi connectivity index (χ1) is 11.7. The van der Waals surface area contributed by atoms with Crippen molar-refractivity contribution < 1.29 is 24.2 Å². The summed E-state index contributed by atoms with van der Waals surface area (Å²) in [6.07, 6.45) is 11.9. The van der Waals surface area contributed by atoms with Gasteiger partial charge in [-0.2, -0.15) is 29.3 Å². The van der Waals surface area contributed by atoms with Crippen molar-refractivity contribution in [3.8, 4) is 0 Å². The van der Waals surface area contributed by atoms with E-state index in [1.165, 1.54) is 66.6 Å². The summed E-state index contributed by atoms with van der Waals surface area (Å²) in [7, 11) is 0. The van der Waals surface area contributed by atoms with Gasteiger partial charge in [0.25, 0.3) is 0 Å². The Bertz CT molecular complexity index is 660. The maximum absolute atomic E-state index is 3.19. The van der Waals surface area contributed by atoms with Gasteiger partial charge in [0, 0.05) is 0 Å². The Labute approximate surface area is 193 Å². The summed E-state index contributed by atoms with van der Waals surface area (Å²) in [6.45, 7) is 4.22. The van der Waals surface area contributed by atoms with Gasteiger partial charge < -0.3 is 7.43 Å². The summed E-state index contributed by atoms with van der Waals surface area (Å²) in [5, 5.41) is 0. The van der Waals surface area contributed by atoms with Crippen LogP contribution in [0.15, 0.2) is 65.8 Å². The number of hydrogen-bond acceptors (Lipinski definition) is 0. The van der Waals surface area contributed by atoms with Crippen LogP contribution in [-0.4, -0.2) is 3.71 Å². The second-order valence-corrected chi connectivity index (χ2v) is 6.94. The first-order valence-corrected chi connectivity index (χ1v) is 10.2. The molecule has 4 rings (SSSR count). The van der Waals surface area contributed by atoms with Crippen molar-refractivity contribution in [1.29, 1.82) is 0 Å². The van der Waals surface area contributed by atoms with Gasteiger partial charge in [-0.25, -0.2) is 17.2 Å². The van der Waals surface area contributed by atoms with Crippen LogP contribution in [0.1, 0.15) is 49.8 Å². The molecule has 2 aromatic rings. The quantitative estimate of drug-likeness (QED) is 0.383. The van der Waals surface area contributed by atoms with Crippen LogP contribution in [0.2, 0.25) is 0 Å². The molecule has 0 amide bonds. The third-order valence-corrected chi connectivity index (χ3v) is 5.30. The molecule has 148 valence electrons. The van der Waals surface area contributed by atoms with Gasteiger partial charge in [-0.3, -0.25) is 6.08 Å². The number of allylic oxidation sites excluding steroid dienone is 4. The minimum atomic E-state index is 0. The van der Waals surface area contributed by atoms with Gasteiger partial charge in [0.05, 0.1) is 0 Å². The minimum Gasteiger partial charge on any atom is -0.210 e. The number of rotatable bonds is 1. The predicted octanol–water partition coefficient (Wildman–Crippen LogP) is 7.05. The van der Waals surface area contributed by atoms with Crippen LogP contribution in [-0.2, 0) is 37.1 Å². The van der Waals surface area contributed by atoms with E-state index in [1.807, 2.05) is 6.07 Å². The first-order valence-electron chi connectivity index (χ1n) is 8.74. The maximum Gasteiger partial charge on any atom is -0.0512 e. The van der Waals surface area contributed by atoms with Crippen molar-refractivity contribution in [3.63, 3.8) is 0 Å². The number of benzene rings is 1. The molecule has 0 saturated carbocycles. The second-order valence-electron chi connectivity index (χ2n) is 6.23. The molecule has 0 aliphatic heterocycles. The van der Waals surface area contributed by atoms with Crippen molar-refractivity contribution >= 4 is 28.5 Å². The molecule has 2 aromatic carbocycles. The summed E-state index contributed by atoms with van der Waals surface area (Å²) >= 11 is 1.46. The third kappa shape index (κ3) is 10.5. The van der Waals surface area contributed by atoms with E-state index in [2.05, 4.69) is 72.2 Å². The maximum atomic E-state index is 3.19. The Balaban J connectivity index is 0. The molecule has 3 heteroatoms. The molecule has 27 heavy (non-hydrogen) atoms. The van der Waals surface area contributed by atoms with E-state index in [1.54, 1.807) is 11.1 Å². The summed E-state index contributed by atoms with van der Waals surface area (Å²) in [4.78, 5) is 0. The minimum absolute atomic E-state index is 0. The van der Waals surface area contributed by atoms with Crippen LogP contribution < -0.4 is 0 Å². The van der Waals surface area contributed by atoms with Crippen LogP contribution in [0.3, 0.4) is 0 Å². The van der Waals surface area contributed by atoms with Crippen LogP contribution in [0.4, 0.5) is 0 Å². The molecule has 0 aromatic heterocycles. The fraction of sp³-hybridized carbons (Fsp3) is 0.292. The number of fused-ring (bicyclic) bond motifs is 1. The average molecular weight is 482 g/mol. The Hall–Kier alpha value is -0.617. The summed E-state index contributed by atoms with van der Waals surface area (Å²) in [5.74, 6) is 0. The van der Waals surface area contributed by atoms with Crippen molar-refractivity contribution in [2.24, 2.45) is 0 Å². The largest absolute Gasteiger partial charge is 0.210 e. The fourth-order valence-corrected chi connectivity index (χ4v) is 3.29. The SMILES string of the molecule is CC1=[C-]CC=C1C.Cl.Cl.[CH3-].[Zr]=[CH]c1ccccc1.c1cc2c([cH-]1)CCCC2. The molecule has 0 fully saturated rings. The van der Waals surface area contributed by atoms with Gasteiger partial charge in [-0.15, -0.1) is 38.2 Å². The standard InChI is InChI=1S/C9H11.C7H9.C7H6.CH3.2ClH.Zr/c1-2-5-9-7-3-6-8(9)4-1;1-6-4-3-5-7(6)2;1-7-5-3-2-4-6-7;;;;/h3,6-7H,1-2,4-5H2;4H,3H2,1-2H3;1-6H;1H3;2*1H;/q2*-1;;-1;;;. The van der Waals surface area contributed by atoms with Gasteiger partial charge in [0.15, 0.2) is 0 Å². The zero-order valence-corrected chi connectivity index (χ0v) is 20.7. The summed E-state index contributed by atoms with van der Waals surface area (Å²) in [5.41, 5.74) is 7.23. The number of hydrogen-bond donors (Lipinski definition) is 0. The van der Waals surface area contributed by atoms with Gasteiger partial charge in [-0.05, 0) is 0 Å². The fourth-order valence-electron chi connectivity index (χ4n) is 2.81. The Morgan fingerprint density at radius 1 is 1.00 bits per heavy atom. The van der Waals surface area contributed by atoms with Crippen molar-refractivity contribution in [2.75, 3.05) is 0 Å². The zero-order chi connectivity index (χ0) is 17.2. The third-order valence-electron chi connectivity index (χ3n) is 4.48. The van der Waals surface area contributed by atoms with E-state index in [-0.39, 0.29) is 32.2 Å². The molecule has 0 N–H and O–H groups in total. The molecule has 0 unspecified atom stereocenters. The normalized spacial score (nSPS) is 13.2. The summed E-state index contributed by atoms with van der Waals surface area (Å²) in [6, 6.07) is 17.0. The molecule has 0 atom stereocenters. The second kappa shape index (κ2) is 16.3. The van der Waals surface area contributed by atoms with Gasteiger partial charge in [0.1, 0.15) is 0 Å². The number of halogens is 2. The molecule has 0 saturated heterocycles. The van der Waals surface area contributed by atoms with Gasteiger partial charge in [-0.1, -0.05) is 32.6 Å². The molecule has 0 nitrogen and oxygen atoms in total. The van der Waals surface area contributed by atoms with Crippen molar-refractivity contribution in [1.82, 2.24) is 0 Å². The Kier molecular flexibility index (Phi) is 17.3.